The highest BCUT2D eigenvalue weighted by Gasteiger charge is 2.61. The Labute approximate surface area is 311 Å². The monoisotopic (exact) mass is 742 g/mol. The van der Waals surface area contributed by atoms with E-state index in [1.165, 1.54) is 22.3 Å². The van der Waals surface area contributed by atoms with Gasteiger partial charge in [0.05, 0.1) is 12.5 Å². The number of nitrogens with one attached hydrogen (secondary N) is 1. The van der Waals surface area contributed by atoms with Crippen molar-refractivity contribution < 1.29 is 9.53 Å². The van der Waals surface area contributed by atoms with E-state index >= 15 is 0 Å². The molecule has 1 unspecified atom stereocenters. The number of fused-ring (bicyclic) bond motifs is 1. The van der Waals surface area contributed by atoms with E-state index in [9.17, 15) is 4.79 Å². The third-order valence-corrected chi connectivity index (χ3v) is 11.4. The number of ether oxygens (including phenoxy) is 1. The van der Waals surface area contributed by atoms with Crippen molar-refractivity contribution in [1.82, 2.24) is 14.7 Å². The second kappa shape index (κ2) is 15.4. The molecule has 2 amide bonds. The molecule has 0 saturated carbocycles. The normalized spacial score (nSPS) is 20.8. The van der Waals surface area contributed by atoms with E-state index in [1.54, 1.807) is 7.11 Å². The van der Waals surface area contributed by atoms with E-state index in [0.717, 1.165) is 35.4 Å². The number of hydrogen-bond donors (Lipinski definition) is 1. The van der Waals surface area contributed by atoms with E-state index in [1.807, 2.05) is 24.3 Å². The molecule has 0 radical (unpaired) electrons. The number of nitrogens with zero attached hydrogens (tertiary/aromatic N) is 3. The van der Waals surface area contributed by atoms with E-state index in [4.69, 9.17) is 4.74 Å². The van der Waals surface area contributed by atoms with Gasteiger partial charge in [-0.05, 0) is 85.1 Å². The van der Waals surface area contributed by atoms with E-state index < -0.39 is 5.41 Å². The van der Waals surface area contributed by atoms with Crippen molar-refractivity contribution in [2.45, 2.75) is 29.8 Å². The molecular formula is C44H47BrN4O2. The highest BCUT2D eigenvalue weighted by atomic mass is 79.9. The lowest BCUT2D eigenvalue weighted by Gasteiger charge is -2.64. The highest BCUT2D eigenvalue weighted by molar-refractivity contribution is 9.10. The molecule has 51 heavy (non-hydrogen) atoms. The first-order chi connectivity index (χ1) is 24.9. The number of anilines is 1. The van der Waals surface area contributed by atoms with Gasteiger partial charge in [0, 0.05) is 54.3 Å². The lowest BCUT2D eigenvalue weighted by Crippen LogP contribution is -2.74. The average molecular weight is 744 g/mol. The molecule has 2 fully saturated rings. The maximum Gasteiger partial charge on any atom is 0.321 e. The summed E-state index contributed by atoms with van der Waals surface area (Å²) in [4.78, 5) is 21.3. The van der Waals surface area contributed by atoms with Gasteiger partial charge in [-0.1, -0.05) is 119 Å². The number of methoxy groups -OCH3 is 1. The minimum Gasteiger partial charge on any atom is -0.497 e. The van der Waals surface area contributed by atoms with Crippen LogP contribution in [0.1, 0.15) is 34.6 Å². The van der Waals surface area contributed by atoms with E-state index in [0.29, 0.717) is 19.0 Å². The van der Waals surface area contributed by atoms with Crippen LogP contribution in [0.5, 0.6) is 5.75 Å². The van der Waals surface area contributed by atoms with Gasteiger partial charge in [0.2, 0.25) is 0 Å². The van der Waals surface area contributed by atoms with Crippen LogP contribution in [-0.4, -0.2) is 80.2 Å². The quantitative estimate of drug-likeness (QED) is 0.154. The topological polar surface area (TPSA) is 48.1 Å². The van der Waals surface area contributed by atoms with Crippen LogP contribution in [0.15, 0.2) is 144 Å². The second-order valence-electron chi connectivity index (χ2n) is 14.2. The number of benzene rings is 5. The Morgan fingerprint density at radius 1 is 0.784 bits per heavy atom. The summed E-state index contributed by atoms with van der Waals surface area (Å²) in [6.07, 6.45) is 0.919. The van der Waals surface area contributed by atoms with Gasteiger partial charge in [-0.25, -0.2) is 4.79 Å². The lowest BCUT2D eigenvalue weighted by atomic mass is 9.55. The van der Waals surface area contributed by atoms with Gasteiger partial charge in [-0.15, -0.1) is 0 Å². The summed E-state index contributed by atoms with van der Waals surface area (Å²) < 4.78 is 6.42. The zero-order valence-electron chi connectivity index (χ0n) is 29.7. The fraction of sp³-hybridized carbons (Fsp3) is 0.295. The molecule has 0 aliphatic carbocycles. The molecule has 1 N–H and O–H groups in total. The third-order valence-electron chi connectivity index (χ3n) is 10.9. The molecule has 5 aromatic carbocycles. The van der Waals surface area contributed by atoms with Gasteiger partial charge in [0.25, 0.3) is 0 Å². The first kappa shape index (κ1) is 35.0. The van der Waals surface area contributed by atoms with Gasteiger partial charge in [0.15, 0.2) is 0 Å². The van der Waals surface area contributed by atoms with Crippen LogP contribution in [0.2, 0.25) is 0 Å². The summed E-state index contributed by atoms with van der Waals surface area (Å²) in [7, 11) is 5.97. The zero-order chi connectivity index (χ0) is 35.4. The van der Waals surface area contributed by atoms with Crippen molar-refractivity contribution in [3.63, 3.8) is 0 Å². The fourth-order valence-corrected chi connectivity index (χ4v) is 8.95. The number of amides is 2. The van der Waals surface area contributed by atoms with Crippen molar-refractivity contribution >= 4 is 27.6 Å². The second-order valence-corrected chi connectivity index (χ2v) is 15.1. The predicted molar refractivity (Wildman–Crippen MR) is 211 cm³/mol. The van der Waals surface area contributed by atoms with E-state index in [-0.39, 0.29) is 24.0 Å². The van der Waals surface area contributed by atoms with Crippen LogP contribution >= 0.6 is 15.9 Å². The van der Waals surface area contributed by atoms with Gasteiger partial charge >= 0.3 is 6.03 Å². The fourth-order valence-electron chi connectivity index (χ4n) is 8.69. The molecule has 0 bridgehead atoms. The Morgan fingerprint density at radius 3 is 1.84 bits per heavy atom. The minimum atomic E-state index is -0.490. The molecule has 0 aromatic heterocycles. The minimum absolute atomic E-state index is 0.0657. The molecule has 6 nitrogen and oxygen atoms in total. The smallest absolute Gasteiger partial charge is 0.321 e. The van der Waals surface area contributed by atoms with E-state index in [2.05, 4.69) is 165 Å². The Kier molecular flexibility index (Phi) is 10.6. The Hall–Kier alpha value is -4.43. The number of hydrogen-bond acceptors (Lipinski definition) is 4. The molecule has 2 saturated heterocycles. The van der Waals surface area contributed by atoms with Crippen molar-refractivity contribution in [3.05, 3.63) is 166 Å². The summed E-state index contributed by atoms with van der Waals surface area (Å²) in [5, 5.41) is 3.20. The molecule has 2 heterocycles. The van der Waals surface area contributed by atoms with Crippen LogP contribution < -0.4 is 10.1 Å². The van der Waals surface area contributed by atoms with Gasteiger partial charge in [0.1, 0.15) is 5.75 Å². The van der Waals surface area contributed by atoms with Crippen LogP contribution in [0, 0.1) is 5.92 Å². The summed E-state index contributed by atoms with van der Waals surface area (Å²) in [5.74, 6) is 1.26. The SMILES string of the molecule is COc1ccc(NC(=O)N2CCC(CN(C)C)CN3[C@H](C(c4ccccc4)(c4ccccc4)c4ccccc4)[C@@H](c4ccc(Br)cc4)[C@@H]3C2)cc1. The van der Waals surface area contributed by atoms with Crippen LogP contribution in [0.3, 0.4) is 0 Å². The zero-order valence-corrected chi connectivity index (χ0v) is 31.2. The molecule has 262 valence electrons. The number of carbonyl (C=O) groups is 1. The molecule has 5 aromatic rings. The standard InChI is InChI=1S/C44H47BrN4O2/c1-47(2)29-32-27-28-48(43(50)46-38-23-25-39(51-3)26-24-38)31-40-41(33-19-21-37(45)22-20-33)42(49(40)30-32)44(34-13-7-4-8-14-34,35-15-9-5-10-16-35)36-17-11-6-12-18-36/h4-26,32,40-42H,27-31H2,1-3H3,(H,46,50)/t32?,40-,41-,42-/m0/s1. The first-order valence-electron chi connectivity index (χ1n) is 17.9. The molecule has 0 spiro atoms. The van der Waals surface area contributed by atoms with Gasteiger partial charge in [-0.3, -0.25) is 4.90 Å². The number of rotatable bonds is 9. The molecule has 2 aliphatic rings. The number of halogens is 1. The Morgan fingerprint density at radius 2 is 1.33 bits per heavy atom. The Balaban J connectivity index is 1.39. The van der Waals surface area contributed by atoms with Crippen LogP contribution in [-0.2, 0) is 5.41 Å². The summed E-state index contributed by atoms with van der Waals surface area (Å²) >= 11 is 3.71. The Bertz CT molecular complexity index is 1770. The molecule has 2 aliphatic heterocycles. The molecular weight excluding hydrogens is 696 g/mol. The maximum atomic E-state index is 14.2. The van der Waals surface area contributed by atoms with Crippen molar-refractivity contribution in [3.8, 4) is 5.75 Å². The molecule has 7 rings (SSSR count). The van der Waals surface area contributed by atoms with Gasteiger partial charge in [-0.2, -0.15) is 0 Å². The van der Waals surface area contributed by atoms with Gasteiger partial charge < -0.3 is 19.9 Å². The summed E-state index contributed by atoms with van der Waals surface area (Å²) in [5.41, 5.74) is 5.37. The molecule has 7 heteroatoms. The average Bonchev–Trinajstić information content (AvgIpc) is 3.15. The van der Waals surface area contributed by atoms with Crippen LogP contribution in [0.4, 0.5) is 10.5 Å². The maximum absolute atomic E-state index is 14.2. The van der Waals surface area contributed by atoms with Crippen molar-refractivity contribution in [2.75, 3.05) is 52.7 Å². The number of urea groups is 1. The highest BCUT2D eigenvalue weighted by Crippen LogP contribution is 2.56. The molecule has 4 atom stereocenters. The number of carbonyl (C=O) groups excluding carboxylic acids is 1. The van der Waals surface area contributed by atoms with Crippen molar-refractivity contribution in [2.24, 2.45) is 5.92 Å². The van der Waals surface area contributed by atoms with Crippen molar-refractivity contribution in [1.29, 1.82) is 0 Å². The largest absolute Gasteiger partial charge is 0.497 e. The predicted octanol–water partition coefficient (Wildman–Crippen LogP) is 8.74. The summed E-state index contributed by atoms with van der Waals surface area (Å²) in [6.45, 7) is 3.22. The first-order valence-corrected chi connectivity index (χ1v) is 18.7. The third kappa shape index (κ3) is 7.08. The van der Waals surface area contributed by atoms with Crippen LogP contribution in [0.25, 0.3) is 0 Å². The summed E-state index contributed by atoms with van der Waals surface area (Å²) in [6, 6.07) is 49.8. The lowest BCUT2D eigenvalue weighted by molar-refractivity contribution is -0.0717.